The Bertz CT molecular complexity index is 868. The molecule has 11 nitrogen and oxygen atoms in total. The molecule has 1 amide bonds. The van der Waals surface area contributed by atoms with Gasteiger partial charge in [-0.1, -0.05) is 0 Å². The Labute approximate surface area is 134 Å². The second kappa shape index (κ2) is 5.79. The van der Waals surface area contributed by atoms with Crippen molar-refractivity contribution >= 4 is 22.8 Å². The molecule has 2 aromatic rings. The van der Waals surface area contributed by atoms with E-state index in [9.17, 15) is 24.9 Å². The summed E-state index contributed by atoms with van der Waals surface area (Å²) in [5.41, 5.74) is 9.75. The number of aliphatic hydroxyl groups is 3. The maximum atomic E-state index is 12.4. The molecule has 11 heteroatoms. The summed E-state index contributed by atoms with van der Waals surface area (Å²) >= 11 is 0. The summed E-state index contributed by atoms with van der Waals surface area (Å²) in [6.07, 6.45) is -2.91. The summed E-state index contributed by atoms with van der Waals surface area (Å²) in [4.78, 5) is 31.6. The van der Waals surface area contributed by atoms with Gasteiger partial charge in [0.15, 0.2) is 11.9 Å². The van der Waals surface area contributed by atoms with Crippen LogP contribution in [0.1, 0.15) is 16.6 Å². The van der Waals surface area contributed by atoms with Gasteiger partial charge < -0.3 is 36.1 Å². The average molecular weight is 337 g/mol. The van der Waals surface area contributed by atoms with Gasteiger partial charge in [-0.05, 0) is 0 Å². The number of pyridine rings is 1. The maximum Gasteiger partial charge on any atom is 0.254 e. The molecule has 7 N–H and O–H groups in total. The molecule has 0 aromatic carbocycles. The number of hydrogen-bond donors (Lipinski definition) is 5. The van der Waals surface area contributed by atoms with Gasteiger partial charge in [0, 0.05) is 6.20 Å². The van der Waals surface area contributed by atoms with Crippen LogP contribution in [0.15, 0.2) is 17.3 Å². The van der Waals surface area contributed by atoms with Crippen LogP contribution in [-0.2, 0) is 4.74 Å². The lowest BCUT2D eigenvalue weighted by molar-refractivity contribution is -0.0511. The van der Waals surface area contributed by atoms with Crippen molar-refractivity contribution in [1.29, 1.82) is 0 Å². The number of ether oxygens (including phenoxy) is 1. The minimum atomic E-state index is -1.44. The van der Waals surface area contributed by atoms with Crippen LogP contribution in [0.4, 0.5) is 5.82 Å². The fourth-order valence-corrected chi connectivity index (χ4v) is 2.68. The summed E-state index contributed by atoms with van der Waals surface area (Å²) in [5.74, 6) is -1.18. The Morgan fingerprint density at radius 1 is 1.33 bits per heavy atom. The number of aliphatic hydroxyl groups excluding tert-OH is 3. The van der Waals surface area contributed by atoms with E-state index in [-0.39, 0.29) is 16.9 Å². The van der Waals surface area contributed by atoms with Crippen molar-refractivity contribution in [1.82, 2.24) is 14.5 Å². The normalized spacial score (nSPS) is 26.8. The Hall–Kier alpha value is -2.60. The molecule has 0 spiro atoms. The van der Waals surface area contributed by atoms with Gasteiger partial charge in [0.2, 0.25) is 5.43 Å². The first-order valence-electron chi connectivity index (χ1n) is 6.94. The van der Waals surface area contributed by atoms with Crippen molar-refractivity contribution in [3.63, 3.8) is 0 Å². The number of nitrogens with two attached hydrogens (primary N) is 2. The number of carbonyl (C=O) groups is 1. The van der Waals surface area contributed by atoms with Gasteiger partial charge in [0.05, 0.1) is 6.61 Å². The van der Waals surface area contributed by atoms with E-state index in [2.05, 4.69) is 9.97 Å². The van der Waals surface area contributed by atoms with Crippen molar-refractivity contribution in [2.45, 2.75) is 24.5 Å². The number of nitrogens with zero attached hydrogens (tertiary/aromatic N) is 3. The smallest absolute Gasteiger partial charge is 0.254 e. The Kier molecular flexibility index (Phi) is 3.93. The lowest BCUT2D eigenvalue weighted by Gasteiger charge is -2.21. The van der Waals surface area contributed by atoms with E-state index >= 15 is 0 Å². The molecule has 0 unspecified atom stereocenters. The van der Waals surface area contributed by atoms with Crippen LogP contribution in [0.25, 0.3) is 11.0 Å². The molecule has 128 valence electrons. The quantitative estimate of drug-likeness (QED) is 0.391. The molecule has 1 aliphatic rings. The predicted molar refractivity (Wildman–Crippen MR) is 79.7 cm³/mol. The average Bonchev–Trinajstić information content (AvgIpc) is 2.83. The van der Waals surface area contributed by atoms with E-state index in [4.69, 9.17) is 16.2 Å². The van der Waals surface area contributed by atoms with E-state index in [0.29, 0.717) is 0 Å². The van der Waals surface area contributed by atoms with Crippen LogP contribution in [0, 0.1) is 0 Å². The number of fused-ring (bicyclic) bond motifs is 1. The first-order chi connectivity index (χ1) is 11.4. The van der Waals surface area contributed by atoms with Gasteiger partial charge in [0.25, 0.3) is 5.91 Å². The van der Waals surface area contributed by atoms with Gasteiger partial charge in [-0.3, -0.25) is 9.59 Å². The molecule has 0 bridgehead atoms. The highest BCUT2D eigenvalue weighted by molar-refractivity contribution is 5.97. The van der Waals surface area contributed by atoms with Crippen molar-refractivity contribution in [3.8, 4) is 0 Å². The third kappa shape index (κ3) is 2.30. The highest BCUT2D eigenvalue weighted by Gasteiger charge is 2.44. The maximum absolute atomic E-state index is 12.4. The number of amides is 1. The summed E-state index contributed by atoms with van der Waals surface area (Å²) in [6, 6.07) is 0. The molecule has 1 aliphatic heterocycles. The van der Waals surface area contributed by atoms with Crippen LogP contribution >= 0.6 is 0 Å². The van der Waals surface area contributed by atoms with Gasteiger partial charge in [-0.25, -0.2) is 9.97 Å². The molecule has 24 heavy (non-hydrogen) atoms. The van der Waals surface area contributed by atoms with Crippen molar-refractivity contribution < 1.29 is 24.9 Å². The van der Waals surface area contributed by atoms with Crippen LogP contribution in [0.3, 0.4) is 0 Å². The molecule has 0 saturated carbocycles. The molecule has 0 radical (unpaired) electrons. The second-order valence-electron chi connectivity index (χ2n) is 5.33. The number of hydrogen-bond acceptors (Lipinski definition) is 9. The summed E-state index contributed by atoms with van der Waals surface area (Å²) in [7, 11) is 0. The zero-order valence-corrected chi connectivity index (χ0v) is 12.2. The fourth-order valence-electron chi connectivity index (χ4n) is 2.68. The lowest BCUT2D eigenvalue weighted by atomic mass is 10.1. The fraction of sp³-hybridized carbons (Fsp3) is 0.385. The molecule has 4 atom stereocenters. The monoisotopic (exact) mass is 337 g/mol. The van der Waals surface area contributed by atoms with E-state index in [1.165, 1.54) is 4.57 Å². The first-order valence-corrected chi connectivity index (χ1v) is 6.94. The highest BCUT2D eigenvalue weighted by Crippen LogP contribution is 2.31. The largest absolute Gasteiger partial charge is 0.394 e. The van der Waals surface area contributed by atoms with Crippen LogP contribution in [-0.4, -0.2) is 60.7 Å². The Balaban J connectivity index is 2.29. The van der Waals surface area contributed by atoms with Crippen LogP contribution < -0.4 is 16.9 Å². The van der Waals surface area contributed by atoms with E-state index < -0.39 is 48.0 Å². The van der Waals surface area contributed by atoms with Gasteiger partial charge in [0.1, 0.15) is 41.4 Å². The first kappa shape index (κ1) is 16.3. The molecule has 3 heterocycles. The topological polar surface area (TPSA) is 187 Å². The van der Waals surface area contributed by atoms with Crippen molar-refractivity contribution in [3.05, 3.63) is 28.3 Å². The standard InChI is InChI=1S/C13H15N5O6/c14-10-6-7(20)4(11(15)23)1-18(12(6)17-3-16-10)13-9(22)8(21)5(2-19)24-13/h1,3,5,8-9,13,19,21-22H,2H2,(H2,15,23)(H2,14,16,17)/t5-,8-,9+,13-/m1/s1. The predicted octanol–water partition coefficient (Wildman–Crippen LogP) is -2.92. The molecule has 2 aromatic heterocycles. The summed E-state index contributed by atoms with van der Waals surface area (Å²) in [6.45, 7) is -0.535. The molecular formula is C13H15N5O6. The Morgan fingerprint density at radius 2 is 2.04 bits per heavy atom. The van der Waals surface area contributed by atoms with Crippen molar-refractivity contribution in [2.24, 2.45) is 5.73 Å². The highest BCUT2D eigenvalue weighted by atomic mass is 16.6. The Morgan fingerprint density at radius 3 is 2.62 bits per heavy atom. The van der Waals surface area contributed by atoms with Gasteiger partial charge in [-0.2, -0.15) is 0 Å². The second-order valence-corrected chi connectivity index (χ2v) is 5.33. The summed E-state index contributed by atoms with van der Waals surface area (Å²) < 4.78 is 6.57. The molecule has 1 fully saturated rings. The molecule has 0 aliphatic carbocycles. The number of aromatic nitrogens is 3. The third-order valence-corrected chi connectivity index (χ3v) is 3.90. The third-order valence-electron chi connectivity index (χ3n) is 3.90. The number of anilines is 1. The van der Waals surface area contributed by atoms with Crippen LogP contribution in [0.2, 0.25) is 0 Å². The zero-order chi connectivity index (χ0) is 17.6. The van der Waals surface area contributed by atoms with E-state index in [1.807, 2.05) is 0 Å². The van der Waals surface area contributed by atoms with Crippen molar-refractivity contribution in [2.75, 3.05) is 12.3 Å². The number of nitrogen functional groups attached to an aromatic ring is 1. The summed E-state index contributed by atoms with van der Waals surface area (Å²) in [5, 5.41) is 29.1. The molecule has 3 rings (SSSR count). The van der Waals surface area contributed by atoms with Gasteiger partial charge >= 0.3 is 0 Å². The zero-order valence-electron chi connectivity index (χ0n) is 12.2. The van der Waals surface area contributed by atoms with Crippen LogP contribution in [0.5, 0.6) is 0 Å². The molecular weight excluding hydrogens is 322 g/mol. The van der Waals surface area contributed by atoms with Gasteiger partial charge in [-0.15, -0.1) is 0 Å². The minimum absolute atomic E-state index is 0.00709. The van der Waals surface area contributed by atoms with E-state index in [0.717, 1.165) is 12.5 Å². The number of rotatable bonds is 3. The lowest BCUT2D eigenvalue weighted by Crippen LogP contribution is -2.34. The SMILES string of the molecule is NC(=O)c1cn([C@@H]2O[C@H](CO)[C@@H](O)[C@@H]2O)c2ncnc(N)c2c1=O. The number of carbonyl (C=O) groups excluding carboxylic acids is 1. The van der Waals surface area contributed by atoms with E-state index in [1.54, 1.807) is 0 Å². The minimum Gasteiger partial charge on any atom is -0.394 e. The molecule has 1 saturated heterocycles. The number of primary amides is 1.